The molecular formula is C14H16ClNO2S. The summed E-state index contributed by atoms with van der Waals surface area (Å²) in [7, 11) is 1.65. The second-order valence-electron chi connectivity index (χ2n) is 4.03. The van der Waals surface area contributed by atoms with E-state index in [1.54, 1.807) is 7.11 Å². The molecule has 2 N–H and O–H groups in total. The highest BCUT2D eigenvalue weighted by atomic mass is 35.5. The fraction of sp³-hybridized carbons (Fsp3) is 0.286. The molecule has 1 atom stereocenters. The predicted octanol–water partition coefficient (Wildman–Crippen LogP) is 3.63. The van der Waals surface area contributed by atoms with E-state index < -0.39 is 0 Å². The third kappa shape index (κ3) is 3.94. The second kappa shape index (κ2) is 6.91. The summed E-state index contributed by atoms with van der Waals surface area (Å²) in [4.78, 5) is 1.05. The fourth-order valence-electron chi connectivity index (χ4n) is 1.73. The van der Waals surface area contributed by atoms with Crippen LogP contribution in [-0.4, -0.2) is 13.7 Å². The number of thiophene rings is 1. The minimum absolute atomic E-state index is 0.122. The summed E-state index contributed by atoms with van der Waals surface area (Å²) < 4.78 is 11.8. The molecule has 2 rings (SSSR count). The monoisotopic (exact) mass is 297 g/mol. The van der Waals surface area contributed by atoms with Crippen LogP contribution in [0.4, 0.5) is 0 Å². The van der Waals surface area contributed by atoms with Gasteiger partial charge in [-0.2, -0.15) is 0 Å². The van der Waals surface area contributed by atoms with Crippen molar-refractivity contribution in [3.05, 3.63) is 51.2 Å². The molecule has 102 valence electrons. The molecule has 1 heterocycles. The van der Waals surface area contributed by atoms with Crippen molar-refractivity contribution in [1.82, 2.24) is 0 Å². The van der Waals surface area contributed by atoms with Crippen LogP contribution >= 0.6 is 22.9 Å². The number of rotatable bonds is 6. The van der Waals surface area contributed by atoms with Crippen molar-refractivity contribution >= 4 is 22.9 Å². The summed E-state index contributed by atoms with van der Waals surface area (Å²) >= 11 is 7.42. The van der Waals surface area contributed by atoms with Gasteiger partial charge >= 0.3 is 0 Å². The van der Waals surface area contributed by atoms with Crippen LogP contribution in [0.15, 0.2) is 36.4 Å². The first kappa shape index (κ1) is 14.3. The molecule has 0 aliphatic rings. The molecule has 1 aromatic heterocycles. The van der Waals surface area contributed by atoms with E-state index in [0.717, 1.165) is 20.5 Å². The zero-order valence-corrected chi connectivity index (χ0v) is 12.2. The van der Waals surface area contributed by atoms with E-state index in [1.165, 1.54) is 11.3 Å². The lowest BCUT2D eigenvalue weighted by atomic mass is 10.2. The van der Waals surface area contributed by atoms with Crippen LogP contribution in [0.25, 0.3) is 0 Å². The number of halogens is 1. The standard InChI is InChI=1S/C14H16ClNO2S/c1-17-11-4-2-3-10(7-11)9-18-12(8-16)13-5-6-14(15)19-13/h2-7,12H,8-9,16H2,1H3. The fourth-order valence-corrected chi connectivity index (χ4v) is 2.85. The van der Waals surface area contributed by atoms with Gasteiger partial charge in [0.2, 0.25) is 0 Å². The van der Waals surface area contributed by atoms with Crippen LogP contribution in [0.5, 0.6) is 5.75 Å². The Morgan fingerprint density at radius 2 is 2.16 bits per heavy atom. The zero-order valence-electron chi connectivity index (χ0n) is 10.6. The van der Waals surface area contributed by atoms with E-state index >= 15 is 0 Å². The molecule has 0 bridgehead atoms. The van der Waals surface area contributed by atoms with Crippen molar-refractivity contribution in [3.8, 4) is 5.75 Å². The summed E-state index contributed by atoms with van der Waals surface area (Å²) in [6.07, 6.45) is -0.122. The molecule has 0 saturated heterocycles. The first-order chi connectivity index (χ1) is 9.22. The highest BCUT2D eigenvalue weighted by Crippen LogP contribution is 2.29. The number of ether oxygens (including phenoxy) is 2. The van der Waals surface area contributed by atoms with Crippen LogP contribution in [0.3, 0.4) is 0 Å². The number of hydrogen-bond donors (Lipinski definition) is 1. The van der Waals surface area contributed by atoms with Gasteiger partial charge in [0.1, 0.15) is 11.9 Å². The molecule has 1 aromatic carbocycles. The Bertz CT molecular complexity index is 530. The van der Waals surface area contributed by atoms with Crippen LogP contribution in [-0.2, 0) is 11.3 Å². The minimum Gasteiger partial charge on any atom is -0.497 e. The van der Waals surface area contributed by atoms with Crippen LogP contribution < -0.4 is 10.5 Å². The van der Waals surface area contributed by atoms with Gasteiger partial charge in [-0.15, -0.1) is 11.3 Å². The Morgan fingerprint density at radius 1 is 1.32 bits per heavy atom. The van der Waals surface area contributed by atoms with Gasteiger partial charge in [0.25, 0.3) is 0 Å². The number of methoxy groups -OCH3 is 1. The van der Waals surface area contributed by atoms with Crippen molar-refractivity contribution in [2.24, 2.45) is 5.73 Å². The summed E-state index contributed by atoms with van der Waals surface area (Å²) in [5.74, 6) is 0.824. The lowest BCUT2D eigenvalue weighted by molar-refractivity contribution is 0.0479. The van der Waals surface area contributed by atoms with E-state index in [2.05, 4.69) is 0 Å². The highest BCUT2D eigenvalue weighted by molar-refractivity contribution is 7.16. The van der Waals surface area contributed by atoms with E-state index in [4.69, 9.17) is 26.8 Å². The SMILES string of the molecule is COc1cccc(COC(CN)c2ccc(Cl)s2)c1. The van der Waals surface area contributed by atoms with Crippen molar-refractivity contribution in [2.75, 3.05) is 13.7 Å². The quantitative estimate of drug-likeness (QED) is 0.885. The second-order valence-corrected chi connectivity index (χ2v) is 5.78. The Balaban J connectivity index is 1.99. The lowest BCUT2D eigenvalue weighted by Crippen LogP contribution is -2.14. The molecule has 3 nitrogen and oxygen atoms in total. The van der Waals surface area contributed by atoms with Gasteiger partial charge < -0.3 is 15.2 Å². The maximum absolute atomic E-state index is 5.92. The highest BCUT2D eigenvalue weighted by Gasteiger charge is 2.12. The number of hydrogen-bond acceptors (Lipinski definition) is 4. The van der Waals surface area contributed by atoms with Crippen LogP contribution in [0.2, 0.25) is 4.34 Å². The topological polar surface area (TPSA) is 44.5 Å². The Hall–Kier alpha value is -1.07. The van der Waals surface area contributed by atoms with Gasteiger partial charge in [0, 0.05) is 11.4 Å². The smallest absolute Gasteiger partial charge is 0.119 e. The Morgan fingerprint density at radius 3 is 2.79 bits per heavy atom. The van der Waals surface area contributed by atoms with Crippen LogP contribution in [0, 0.1) is 0 Å². The molecular weight excluding hydrogens is 282 g/mol. The van der Waals surface area contributed by atoms with Crippen molar-refractivity contribution < 1.29 is 9.47 Å². The minimum atomic E-state index is -0.122. The molecule has 1 unspecified atom stereocenters. The Labute approximate surface area is 121 Å². The van der Waals surface area contributed by atoms with Crippen LogP contribution in [0.1, 0.15) is 16.5 Å². The normalized spacial score (nSPS) is 12.4. The molecule has 0 saturated carbocycles. The molecule has 5 heteroatoms. The summed E-state index contributed by atoms with van der Waals surface area (Å²) in [5.41, 5.74) is 6.80. The molecule has 0 aliphatic carbocycles. The molecule has 0 aliphatic heterocycles. The first-order valence-electron chi connectivity index (χ1n) is 5.92. The third-order valence-electron chi connectivity index (χ3n) is 2.71. The van der Waals surface area contributed by atoms with E-state index in [1.807, 2.05) is 36.4 Å². The van der Waals surface area contributed by atoms with Crippen molar-refractivity contribution in [3.63, 3.8) is 0 Å². The molecule has 0 amide bonds. The first-order valence-corrected chi connectivity index (χ1v) is 7.12. The van der Waals surface area contributed by atoms with E-state index in [9.17, 15) is 0 Å². The van der Waals surface area contributed by atoms with Gasteiger partial charge in [0.15, 0.2) is 0 Å². The molecule has 2 aromatic rings. The summed E-state index contributed by atoms with van der Waals surface area (Å²) in [6.45, 7) is 0.926. The zero-order chi connectivity index (χ0) is 13.7. The van der Waals surface area contributed by atoms with Gasteiger partial charge in [-0.1, -0.05) is 23.7 Å². The van der Waals surface area contributed by atoms with Gasteiger partial charge in [-0.3, -0.25) is 0 Å². The van der Waals surface area contributed by atoms with E-state index in [0.29, 0.717) is 13.2 Å². The van der Waals surface area contributed by atoms with E-state index in [-0.39, 0.29) is 6.10 Å². The third-order valence-corrected chi connectivity index (χ3v) is 4.03. The average molecular weight is 298 g/mol. The molecule has 0 radical (unpaired) electrons. The lowest BCUT2D eigenvalue weighted by Gasteiger charge is -2.14. The Kier molecular flexibility index (Phi) is 5.22. The van der Waals surface area contributed by atoms with Gasteiger partial charge in [-0.25, -0.2) is 0 Å². The number of benzene rings is 1. The summed E-state index contributed by atoms with van der Waals surface area (Å²) in [5, 5.41) is 0. The molecule has 19 heavy (non-hydrogen) atoms. The average Bonchev–Trinajstić information content (AvgIpc) is 2.86. The maximum atomic E-state index is 5.92. The summed E-state index contributed by atoms with van der Waals surface area (Å²) in [6, 6.07) is 11.6. The van der Waals surface area contributed by atoms with Crippen molar-refractivity contribution in [1.29, 1.82) is 0 Å². The predicted molar refractivity (Wildman–Crippen MR) is 78.9 cm³/mol. The maximum Gasteiger partial charge on any atom is 0.119 e. The van der Waals surface area contributed by atoms with Crippen molar-refractivity contribution in [2.45, 2.75) is 12.7 Å². The number of nitrogens with two attached hydrogens (primary N) is 1. The van der Waals surface area contributed by atoms with Gasteiger partial charge in [-0.05, 0) is 29.8 Å². The van der Waals surface area contributed by atoms with Gasteiger partial charge in [0.05, 0.1) is 18.1 Å². The molecule has 0 spiro atoms. The largest absolute Gasteiger partial charge is 0.497 e. The molecule has 0 fully saturated rings.